The van der Waals surface area contributed by atoms with Gasteiger partial charge in [-0.3, -0.25) is 14.8 Å². The van der Waals surface area contributed by atoms with Gasteiger partial charge in [0.25, 0.3) is 15.7 Å². The first kappa shape index (κ1) is 50.3. The molecule has 4 N–H and O–H groups in total. The number of piperidine rings is 1. The lowest BCUT2D eigenvalue weighted by atomic mass is 9.96. The molecule has 2 saturated heterocycles. The standard InChI is InChI=1S/C52H57ClFN7O7S2/c1-34(2)60-35(3)49(52(63)64)50(51(60)36-9-11-38(53)12-10-36)37-29-39(54)31-43(30-37)59-27-25-58(26-28-59)42-15-13-40(14-16-42)56-70(67,68)46-17-18-47(48(32-46)61(65)66)55-41(33-69-45-7-5-4-6-8-45)19-22-57-23-20-44(62)21-24-57/h4-18,29-32,34,41,44,55-56,62H,19-28,33H2,1-3H3,(H,63,64). The van der Waals surface area contributed by atoms with E-state index < -0.39 is 26.7 Å². The Morgan fingerprint density at radius 2 is 1.53 bits per heavy atom. The van der Waals surface area contributed by atoms with E-state index in [0.29, 0.717) is 84.4 Å². The van der Waals surface area contributed by atoms with Crippen molar-refractivity contribution in [3.8, 4) is 22.4 Å². The highest BCUT2D eigenvalue weighted by molar-refractivity contribution is 7.99. The highest BCUT2D eigenvalue weighted by atomic mass is 35.5. The van der Waals surface area contributed by atoms with Crippen molar-refractivity contribution in [2.24, 2.45) is 0 Å². The fraction of sp³-hybridized carbons (Fsp3) is 0.327. The summed E-state index contributed by atoms with van der Waals surface area (Å²) < 4.78 is 47.6. The van der Waals surface area contributed by atoms with Crippen LogP contribution in [-0.2, 0) is 10.0 Å². The Balaban J connectivity index is 0.939. The van der Waals surface area contributed by atoms with Crippen LogP contribution in [0.5, 0.6) is 0 Å². The molecule has 0 radical (unpaired) electrons. The number of nitrogens with one attached hydrogen (secondary N) is 2. The normalized spacial score (nSPS) is 15.3. The maximum atomic E-state index is 15.6. The number of carbonyl (C=O) groups is 1. The zero-order valence-electron chi connectivity index (χ0n) is 39.2. The van der Waals surface area contributed by atoms with E-state index in [9.17, 15) is 33.5 Å². The van der Waals surface area contributed by atoms with Gasteiger partial charge in [0.2, 0.25) is 0 Å². The zero-order valence-corrected chi connectivity index (χ0v) is 41.6. The van der Waals surface area contributed by atoms with E-state index in [1.807, 2.05) is 66.9 Å². The van der Waals surface area contributed by atoms with Gasteiger partial charge in [-0.2, -0.15) is 0 Å². The first-order chi connectivity index (χ1) is 33.5. The Morgan fingerprint density at radius 3 is 2.16 bits per heavy atom. The Morgan fingerprint density at radius 1 is 0.871 bits per heavy atom. The monoisotopic (exact) mass is 1010 g/mol. The summed E-state index contributed by atoms with van der Waals surface area (Å²) in [5.41, 5.74) is 4.60. The van der Waals surface area contributed by atoms with Gasteiger partial charge < -0.3 is 34.8 Å². The van der Waals surface area contributed by atoms with Crippen LogP contribution >= 0.6 is 23.4 Å². The Kier molecular flexibility index (Phi) is 15.7. The number of hydrogen-bond acceptors (Lipinski definition) is 11. The van der Waals surface area contributed by atoms with Crippen molar-refractivity contribution in [3.05, 3.63) is 147 Å². The van der Waals surface area contributed by atoms with Crippen molar-refractivity contribution in [2.75, 3.05) is 71.4 Å². The molecule has 3 heterocycles. The number of nitro groups is 1. The molecule has 6 aromatic rings. The van der Waals surface area contributed by atoms with Crippen LogP contribution in [0, 0.1) is 22.9 Å². The number of thioether (sulfide) groups is 1. The number of nitrogens with zero attached hydrogens (tertiary/aromatic N) is 5. The van der Waals surface area contributed by atoms with E-state index in [1.54, 1.807) is 55.1 Å². The molecule has 1 atom stereocenters. The summed E-state index contributed by atoms with van der Waals surface area (Å²) in [4.78, 5) is 32.0. The number of halogens is 2. The quantitative estimate of drug-likeness (QED) is 0.0365. The van der Waals surface area contributed by atoms with Crippen molar-refractivity contribution < 1.29 is 32.7 Å². The lowest BCUT2D eigenvalue weighted by Crippen LogP contribution is -2.46. The Bertz CT molecular complexity index is 2930. The zero-order chi connectivity index (χ0) is 49.7. The smallest absolute Gasteiger partial charge is 0.338 e. The van der Waals surface area contributed by atoms with E-state index in [-0.39, 0.29) is 45.7 Å². The fourth-order valence-corrected chi connectivity index (χ4v) is 11.6. The van der Waals surface area contributed by atoms with Crippen molar-refractivity contribution in [1.82, 2.24) is 9.47 Å². The first-order valence-electron chi connectivity index (χ1n) is 23.4. The van der Waals surface area contributed by atoms with Crippen LogP contribution in [0.25, 0.3) is 22.4 Å². The van der Waals surface area contributed by atoms with Crippen LogP contribution in [0.2, 0.25) is 5.02 Å². The number of piperazine rings is 1. The predicted octanol–water partition coefficient (Wildman–Crippen LogP) is 10.7. The molecule has 8 rings (SSSR count). The average molecular weight is 1010 g/mol. The van der Waals surface area contributed by atoms with Gasteiger partial charge >= 0.3 is 5.97 Å². The molecule has 2 aliphatic heterocycles. The number of aromatic nitrogens is 1. The number of likely N-dealkylation sites (tertiary alicyclic amines) is 1. The minimum atomic E-state index is -4.23. The summed E-state index contributed by atoms with van der Waals surface area (Å²) in [6.07, 6.45) is 1.81. The molecule has 0 saturated carbocycles. The predicted molar refractivity (Wildman–Crippen MR) is 278 cm³/mol. The lowest BCUT2D eigenvalue weighted by molar-refractivity contribution is -0.384. The van der Waals surface area contributed by atoms with Crippen molar-refractivity contribution >= 4 is 67.8 Å². The minimum Gasteiger partial charge on any atom is -0.478 e. The molecule has 2 fully saturated rings. The van der Waals surface area contributed by atoms with Crippen molar-refractivity contribution in [2.45, 2.75) is 68.0 Å². The molecule has 1 unspecified atom stereocenters. The number of aromatic carboxylic acids is 1. The van der Waals surface area contributed by atoms with E-state index in [1.165, 1.54) is 24.3 Å². The third-order valence-corrected chi connectivity index (χ3v) is 15.8. The van der Waals surface area contributed by atoms with Gasteiger partial charge in [0.05, 0.1) is 27.2 Å². The minimum absolute atomic E-state index is 0.0932. The maximum Gasteiger partial charge on any atom is 0.338 e. The highest BCUT2D eigenvalue weighted by Crippen LogP contribution is 2.43. The molecule has 1 aromatic heterocycles. The lowest BCUT2D eigenvalue weighted by Gasteiger charge is -2.37. The van der Waals surface area contributed by atoms with Crippen LogP contribution in [0.4, 0.5) is 32.8 Å². The second kappa shape index (κ2) is 21.9. The van der Waals surface area contributed by atoms with E-state index in [0.717, 1.165) is 41.8 Å². The molecule has 0 spiro atoms. The molecular formula is C52H57ClFN7O7S2. The third kappa shape index (κ3) is 11.7. The van der Waals surface area contributed by atoms with Gasteiger partial charge in [0.1, 0.15) is 11.5 Å². The van der Waals surface area contributed by atoms with Crippen LogP contribution < -0.4 is 19.8 Å². The maximum absolute atomic E-state index is 15.6. The molecule has 0 bridgehead atoms. The second-order valence-corrected chi connectivity index (χ2v) is 21.3. The molecule has 0 aliphatic carbocycles. The molecule has 18 heteroatoms. The Hall–Kier alpha value is -6.11. The van der Waals surface area contributed by atoms with Gasteiger partial charge in [-0.05, 0) is 130 Å². The summed E-state index contributed by atoms with van der Waals surface area (Å²) in [7, 11) is -4.23. The molecule has 14 nitrogen and oxygen atoms in total. The molecule has 0 amide bonds. The molecule has 368 valence electrons. The van der Waals surface area contributed by atoms with Crippen LogP contribution in [0.1, 0.15) is 55.2 Å². The number of nitro benzene ring substituents is 1. The van der Waals surface area contributed by atoms with E-state index in [2.05, 4.69) is 24.7 Å². The number of hydrogen-bond donors (Lipinski definition) is 4. The van der Waals surface area contributed by atoms with Crippen LogP contribution in [-0.4, -0.2) is 103 Å². The van der Waals surface area contributed by atoms with Gasteiger partial charge in [-0.1, -0.05) is 41.9 Å². The van der Waals surface area contributed by atoms with Gasteiger partial charge in [-0.25, -0.2) is 17.6 Å². The van der Waals surface area contributed by atoms with E-state index in [4.69, 9.17) is 11.6 Å². The summed E-state index contributed by atoms with van der Waals surface area (Å²) in [5, 5.41) is 36.8. The number of benzene rings is 5. The van der Waals surface area contributed by atoms with E-state index >= 15 is 4.39 Å². The summed E-state index contributed by atoms with van der Waals surface area (Å²) in [5.74, 6) is -0.975. The van der Waals surface area contributed by atoms with Crippen molar-refractivity contribution in [3.63, 3.8) is 0 Å². The summed E-state index contributed by atoms with van der Waals surface area (Å²) in [6.45, 7) is 10.2. The van der Waals surface area contributed by atoms with Gasteiger partial charge in [-0.15, -0.1) is 11.8 Å². The number of aliphatic hydroxyl groups excluding tert-OH is 1. The summed E-state index contributed by atoms with van der Waals surface area (Å²) >= 11 is 7.87. The first-order valence-corrected chi connectivity index (χ1v) is 26.2. The molecule has 70 heavy (non-hydrogen) atoms. The topological polar surface area (TPSA) is 174 Å². The number of anilines is 4. The number of rotatable bonds is 18. The van der Waals surface area contributed by atoms with Gasteiger partial charge in [0.15, 0.2) is 0 Å². The fourth-order valence-electron chi connectivity index (χ4n) is 9.43. The van der Waals surface area contributed by atoms with Gasteiger partial charge in [0, 0.05) is 108 Å². The number of carboxylic acid groups (broad SMARTS) is 1. The van der Waals surface area contributed by atoms with Crippen LogP contribution in [0.3, 0.4) is 0 Å². The largest absolute Gasteiger partial charge is 0.478 e. The second-order valence-electron chi connectivity index (χ2n) is 18.0. The third-order valence-electron chi connectivity index (χ3n) is 13.0. The molecule has 2 aliphatic rings. The number of aliphatic hydroxyl groups is 1. The Labute approximate surface area is 417 Å². The highest BCUT2D eigenvalue weighted by Gasteiger charge is 2.30. The SMILES string of the molecule is Cc1c(C(=O)O)c(-c2cc(F)cc(N3CCN(c4ccc(NS(=O)(=O)c5ccc(NC(CCN6CCC(O)CC6)CSc6ccccc6)c([N+](=O)[O-])c5)cc4)CC3)c2)c(-c2ccc(Cl)cc2)n1C(C)C. The van der Waals surface area contributed by atoms with Crippen molar-refractivity contribution in [1.29, 1.82) is 0 Å². The average Bonchev–Trinajstić information content (AvgIpc) is 3.66. The molecular weight excluding hydrogens is 953 g/mol. The number of carboxylic acids is 1. The van der Waals surface area contributed by atoms with Crippen LogP contribution in [0.15, 0.2) is 125 Å². The summed E-state index contributed by atoms with van der Waals surface area (Å²) in [6, 6.07) is 32.3. The number of sulfonamides is 1. The molecule has 5 aromatic carbocycles.